The summed E-state index contributed by atoms with van der Waals surface area (Å²) in [5.74, 6) is -1.01. The van der Waals surface area contributed by atoms with Crippen LogP contribution in [-0.2, 0) is 16.5 Å². The van der Waals surface area contributed by atoms with E-state index in [0.29, 0.717) is 22.6 Å². The van der Waals surface area contributed by atoms with Gasteiger partial charge in [0.15, 0.2) is 0 Å². The van der Waals surface area contributed by atoms with Gasteiger partial charge in [0.2, 0.25) is 0 Å². The molecule has 1 aromatic carbocycles. The van der Waals surface area contributed by atoms with Crippen molar-refractivity contribution in [1.29, 1.82) is 0 Å². The number of ether oxygens (including phenoxy) is 1. The summed E-state index contributed by atoms with van der Waals surface area (Å²) in [6, 6.07) is 5.47. The number of halogens is 3. The Balaban J connectivity index is 1.28. The first-order chi connectivity index (χ1) is 19.5. The maximum Gasteiger partial charge on any atom is 0.418 e. The van der Waals surface area contributed by atoms with Crippen molar-refractivity contribution < 1.29 is 27.8 Å². The second-order valence-corrected chi connectivity index (χ2v) is 11.4. The van der Waals surface area contributed by atoms with E-state index in [1.54, 1.807) is 26.0 Å². The van der Waals surface area contributed by atoms with E-state index in [0.717, 1.165) is 83.3 Å². The Morgan fingerprint density at radius 1 is 1.15 bits per heavy atom. The summed E-state index contributed by atoms with van der Waals surface area (Å²) in [6.07, 6.45) is 2.61. The number of alkyl halides is 3. The molecular formula is C29H37F3N6O3. The van der Waals surface area contributed by atoms with E-state index in [9.17, 15) is 23.1 Å². The second-order valence-electron chi connectivity index (χ2n) is 11.4. The Morgan fingerprint density at radius 3 is 2.56 bits per heavy atom. The van der Waals surface area contributed by atoms with Gasteiger partial charge in [-0.2, -0.15) is 18.3 Å². The van der Waals surface area contributed by atoms with Crippen molar-refractivity contribution in [2.24, 2.45) is 0 Å². The molecule has 2 aromatic heterocycles. The number of nitrogens with zero attached hydrogens (tertiary/aromatic N) is 4. The van der Waals surface area contributed by atoms with Crippen molar-refractivity contribution in [3.8, 4) is 0 Å². The SMILES string of the molecule is CC(C)(O)c1cc2nn(C3CCN(CCOC4CCNCC4)CC3)cc2cc1NC(=O)c1ncccc1C(F)(F)F. The van der Waals surface area contributed by atoms with Gasteiger partial charge in [-0.25, -0.2) is 0 Å². The van der Waals surface area contributed by atoms with Crippen molar-refractivity contribution in [2.75, 3.05) is 44.6 Å². The molecule has 3 aromatic rings. The maximum atomic E-state index is 13.5. The van der Waals surface area contributed by atoms with Crippen LogP contribution in [0, 0.1) is 0 Å². The van der Waals surface area contributed by atoms with Gasteiger partial charge in [0, 0.05) is 48.7 Å². The number of carbonyl (C=O) groups is 1. The van der Waals surface area contributed by atoms with Crippen molar-refractivity contribution >= 4 is 22.5 Å². The van der Waals surface area contributed by atoms with Gasteiger partial charge in [-0.3, -0.25) is 14.5 Å². The number of amides is 1. The number of likely N-dealkylation sites (tertiary alicyclic amines) is 1. The summed E-state index contributed by atoms with van der Waals surface area (Å²) in [7, 11) is 0. The van der Waals surface area contributed by atoms with E-state index >= 15 is 0 Å². The first-order valence-corrected chi connectivity index (χ1v) is 14.1. The van der Waals surface area contributed by atoms with Crippen molar-refractivity contribution in [1.82, 2.24) is 25.0 Å². The molecule has 9 nitrogen and oxygen atoms in total. The van der Waals surface area contributed by atoms with Crippen LogP contribution >= 0.6 is 0 Å². The highest BCUT2D eigenvalue weighted by Gasteiger charge is 2.36. The number of pyridine rings is 1. The normalized spacial score (nSPS) is 18.2. The lowest BCUT2D eigenvalue weighted by atomic mass is 9.95. The molecule has 222 valence electrons. The van der Waals surface area contributed by atoms with Gasteiger partial charge in [0.05, 0.1) is 35.4 Å². The van der Waals surface area contributed by atoms with Crippen LogP contribution in [0.4, 0.5) is 18.9 Å². The lowest BCUT2D eigenvalue weighted by Gasteiger charge is -2.32. The Labute approximate surface area is 237 Å². The number of rotatable bonds is 8. The molecule has 12 heteroatoms. The van der Waals surface area contributed by atoms with Gasteiger partial charge >= 0.3 is 6.18 Å². The van der Waals surface area contributed by atoms with E-state index in [1.807, 2.05) is 10.9 Å². The molecule has 2 aliphatic rings. The summed E-state index contributed by atoms with van der Waals surface area (Å²) < 4.78 is 48.4. The van der Waals surface area contributed by atoms with Crippen molar-refractivity contribution in [3.05, 3.63) is 53.5 Å². The Hall–Kier alpha value is -3.06. The van der Waals surface area contributed by atoms with Crippen LogP contribution in [-0.4, -0.2) is 76.1 Å². The number of hydrogen-bond acceptors (Lipinski definition) is 7. The van der Waals surface area contributed by atoms with Crippen LogP contribution in [0.5, 0.6) is 0 Å². The molecule has 0 radical (unpaired) electrons. The number of anilines is 1. The number of aliphatic hydroxyl groups is 1. The average Bonchev–Trinajstić information content (AvgIpc) is 3.36. The number of aromatic nitrogens is 3. The molecule has 0 bridgehead atoms. The smallest absolute Gasteiger partial charge is 0.386 e. The van der Waals surface area contributed by atoms with Crippen molar-refractivity contribution in [3.63, 3.8) is 0 Å². The van der Waals surface area contributed by atoms with Gasteiger partial charge in [-0.1, -0.05) is 0 Å². The van der Waals surface area contributed by atoms with Crippen LogP contribution in [0.25, 0.3) is 10.9 Å². The number of hydrogen-bond donors (Lipinski definition) is 3. The first kappa shape index (κ1) is 29.4. The molecule has 41 heavy (non-hydrogen) atoms. The second kappa shape index (κ2) is 12.0. The maximum absolute atomic E-state index is 13.5. The summed E-state index contributed by atoms with van der Waals surface area (Å²) in [5.41, 5.74) is -2.06. The van der Waals surface area contributed by atoms with E-state index in [2.05, 4.69) is 20.5 Å². The fourth-order valence-corrected chi connectivity index (χ4v) is 5.60. The van der Waals surface area contributed by atoms with E-state index in [-0.39, 0.29) is 11.7 Å². The zero-order valence-corrected chi connectivity index (χ0v) is 23.4. The predicted molar refractivity (Wildman–Crippen MR) is 149 cm³/mol. The van der Waals surface area contributed by atoms with Gasteiger partial charge in [0.1, 0.15) is 5.69 Å². The topological polar surface area (TPSA) is 105 Å². The number of carbonyl (C=O) groups excluding carboxylic acids is 1. The zero-order chi connectivity index (χ0) is 29.2. The largest absolute Gasteiger partial charge is 0.418 e. The summed E-state index contributed by atoms with van der Waals surface area (Å²) >= 11 is 0. The molecule has 4 heterocycles. The van der Waals surface area contributed by atoms with Crippen LogP contribution in [0.3, 0.4) is 0 Å². The quantitative estimate of drug-likeness (QED) is 0.368. The van der Waals surface area contributed by atoms with Crippen LogP contribution < -0.4 is 10.6 Å². The average molecular weight is 575 g/mol. The Morgan fingerprint density at radius 2 is 1.88 bits per heavy atom. The minimum absolute atomic E-state index is 0.190. The molecule has 0 spiro atoms. The number of piperidine rings is 2. The summed E-state index contributed by atoms with van der Waals surface area (Å²) in [5, 5.41) is 22.2. The van der Waals surface area contributed by atoms with Gasteiger partial charge < -0.3 is 25.4 Å². The molecule has 1 amide bonds. The van der Waals surface area contributed by atoms with Crippen LogP contribution in [0.1, 0.15) is 67.2 Å². The minimum atomic E-state index is -4.74. The molecule has 0 unspecified atom stereocenters. The molecule has 3 N–H and O–H groups in total. The highest BCUT2D eigenvalue weighted by Crippen LogP contribution is 2.35. The van der Waals surface area contributed by atoms with Crippen LogP contribution in [0.2, 0.25) is 0 Å². The predicted octanol–water partition coefficient (Wildman–Crippen LogP) is 4.34. The standard InChI is InChI=1S/C29H37F3N6O3/c1-28(2,40)23-17-24-19(16-25(23)35-27(39)26-22(29(30,31)32)4-3-9-34-26)18-38(36-24)20-7-12-37(13-8-20)14-15-41-21-5-10-33-11-6-21/h3-4,9,16-18,20-21,33,40H,5-8,10-15H2,1-2H3,(H,35,39). The van der Waals surface area contributed by atoms with E-state index < -0.39 is 28.9 Å². The minimum Gasteiger partial charge on any atom is -0.386 e. The fourth-order valence-electron chi connectivity index (χ4n) is 5.60. The molecular weight excluding hydrogens is 537 g/mol. The number of fused-ring (bicyclic) bond motifs is 1. The summed E-state index contributed by atoms with van der Waals surface area (Å²) in [4.78, 5) is 19.0. The van der Waals surface area contributed by atoms with Crippen LogP contribution in [0.15, 0.2) is 36.7 Å². The molecule has 0 aliphatic carbocycles. The lowest BCUT2D eigenvalue weighted by molar-refractivity contribution is -0.138. The molecule has 2 aliphatic heterocycles. The van der Waals surface area contributed by atoms with Gasteiger partial charge in [-0.05, 0) is 76.9 Å². The van der Waals surface area contributed by atoms with E-state index in [1.165, 1.54) is 0 Å². The summed E-state index contributed by atoms with van der Waals surface area (Å²) in [6.45, 7) is 8.63. The first-order valence-electron chi connectivity index (χ1n) is 14.1. The molecule has 2 fully saturated rings. The Kier molecular flexibility index (Phi) is 8.65. The third kappa shape index (κ3) is 7.06. The number of nitrogens with one attached hydrogen (secondary N) is 2. The molecule has 2 saturated heterocycles. The zero-order valence-electron chi connectivity index (χ0n) is 23.4. The number of benzene rings is 1. The third-order valence-electron chi connectivity index (χ3n) is 7.88. The van der Waals surface area contributed by atoms with Crippen molar-refractivity contribution in [2.45, 2.75) is 63.5 Å². The van der Waals surface area contributed by atoms with Gasteiger partial charge in [0.25, 0.3) is 5.91 Å². The lowest BCUT2D eigenvalue weighted by Crippen LogP contribution is -2.38. The van der Waals surface area contributed by atoms with Gasteiger partial charge in [-0.15, -0.1) is 0 Å². The van der Waals surface area contributed by atoms with E-state index in [4.69, 9.17) is 9.84 Å². The highest BCUT2D eigenvalue weighted by atomic mass is 19.4. The monoisotopic (exact) mass is 574 g/mol. The fraction of sp³-hybridized carbons (Fsp3) is 0.552. The molecule has 0 atom stereocenters. The molecule has 0 saturated carbocycles. The molecule has 5 rings (SSSR count). The highest BCUT2D eigenvalue weighted by molar-refractivity contribution is 6.05. The Bertz CT molecular complexity index is 1360. The third-order valence-corrected chi connectivity index (χ3v) is 7.88.